The van der Waals surface area contributed by atoms with Crippen LogP contribution in [0.2, 0.25) is 0 Å². The molecule has 2 rings (SSSR count). The highest BCUT2D eigenvalue weighted by Crippen LogP contribution is 2.23. The molecule has 0 aromatic heterocycles. The number of benzene rings is 1. The summed E-state index contributed by atoms with van der Waals surface area (Å²) < 4.78 is 18.3. The van der Waals surface area contributed by atoms with E-state index in [0.717, 1.165) is 26.0 Å². The molecule has 4 unspecified atom stereocenters. The van der Waals surface area contributed by atoms with Gasteiger partial charge in [0.05, 0.1) is 17.1 Å². The first kappa shape index (κ1) is 16.7. The van der Waals surface area contributed by atoms with E-state index in [-0.39, 0.29) is 17.4 Å². The van der Waals surface area contributed by atoms with Gasteiger partial charge in [-0.15, -0.1) is 0 Å². The minimum absolute atomic E-state index is 0.0804. The molecule has 21 heavy (non-hydrogen) atoms. The molecule has 0 amide bonds. The largest absolute Gasteiger partial charge is 0.377 e. The van der Waals surface area contributed by atoms with E-state index in [1.54, 1.807) is 0 Å². The maximum Gasteiger partial charge on any atom is 0.0691 e. The Labute approximate surface area is 130 Å². The molecule has 1 fully saturated rings. The summed E-state index contributed by atoms with van der Waals surface area (Å²) in [4.78, 5) is 0. The van der Waals surface area contributed by atoms with Gasteiger partial charge in [0, 0.05) is 23.4 Å². The lowest BCUT2D eigenvalue weighted by Crippen LogP contribution is -2.35. The van der Waals surface area contributed by atoms with E-state index < -0.39 is 10.8 Å². The normalized spacial score (nSPS) is 22.9. The molecule has 1 aliphatic rings. The van der Waals surface area contributed by atoms with Gasteiger partial charge in [0.1, 0.15) is 0 Å². The second kappa shape index (κ2) is 8.06. The molecular formula is C17H27NO2S. The average Bonchev–Trinajstić information content (AvgIpc) is 2.98. The number of hydrogen-bond donors (Lipinski definition) is 1. The van der Waals surface area contributed by atoms with Gasteiger partial charge >= 0.3 is 0 Å². The van der Waals surface area contributed by atoms with E-state index in [1.165, 1.54) is 11.1 Å². The molecule has 4 heteroatoms. The second-order valence-corrected chi connectivity index (χ2v) is 7.67. The minimum atomic E-state index is -0.880. The van der Waals surface area contributed by atoms with E-state index >= 15 is 0 Å². The molecule has 0 spiro atoms. The van der Waals surface area contributed by atoms with Crippen LogP contribution in [0.5, 0.6) is 0 Å². The Morgan fingerprint density at radius 1 is 1.38 bits per heavy atom. The predicted octanol–water partition coefficient (Wildman–Crippen LogP) is 2.96. The highest BCUT2D eigenvalue weighted by molar-refractivity contribution is 7.85. The summed E-state index contributed by atoms with van der Waals surface area (Å²) in [6.07, 6.45) is 2.34. The monoisotopic (exact) mass is 309 g/mol. The van der Waals surface area contributed by atoms with Crippen LogP contribution in [-0.2, 0) is 15.5 Å². The molecule has 0 bridgehead atoms. The fourth-order valence-corrected chi connectivity index (χ4v) is 4.30. The average molecular weight is 309 g/mol. The van der Waals surface area contributed by atoms with Gasteiger partial charge in [-0.25, -0.2) is 0 Å². The van der Waals surface area contributed by atoms with Crippen molar-refractivity contribution in [3.05, 3.63) is 35.4 Å². The van der Waals surface area contributed by atoms with Crippen LogP contribution in [0.15, 0.2) is 24.3 Å². The molecule has 0 radical (unpaired) electrons. The predicted molar refractivity (Wildman–Crippen MR) is 89.0 cm³/mol. The first-order chi connectivity index (χ1) is 10.1. The third kappa shape index (κ3) is 4.63. The molecule has 1 aromatic rings. The molecule has 1 heterocycles. The molecule has 1 N–H and O–H groups in total. The maximum absolute atomic E-state index is 12.6. The van der Waals surface area contributed by atoms with Crippen molar-refractivity contribution in [2.75, 3.05) is 18.9 Å². The van der Waals surface area contributed by atoms with Gasteiger partial charge in [0.25, 0.3) is 0 Å². The van der Waals surface area contributed by atoms with E-state index in [4.69, 9.17) is 4.74 Å². The molecule has 3 nitrogen and oxygen atoms in total. The van der Waals surface area contributed by atoms with Gasteiger partial charge in [0.2, 0.25) is 0 Å². The van der Waals surface area contributed by atoms with Crippen molar-refractivity contribution in [3.8, 4) is 0 Å². The Balaban J connectivity index is 2.05. The van der Waals surface area contributed by atoms with Crippen molar-refractivity contribution in [3.63, 3.8) is 0 Å². The third-order valence-corrected chi connectivity index (χ3v) is 5.92. The number of aryl methyl sites for hydroxylation is 1. The lowest BCUT2D eigenvalue weighted by atomic mass is 10.0. The fraction of sp³-hybridized carbons (Fsp3) is 0.647. The summed E-state index contributed by atoms with van der Waals surface area (Å²) in [7, 11) is -0.880. The zero-order valence-electron chi connectivity index (χ0n) is 13.3. The molecule has 0 aliphatic carbocycles. The zero-order valence-corrected chi connectivity index (χ0v) is 14.1. The van der Waals surface area contributed by atoms with Crippen LogP contribution >= 0.6 is 0 Å². The number of rotatable bonds is 7. The molecule has 0 saturated carbocycles. The Morgan fingerprint density at radius 3 is 2.67 bits per heavy atom. The van der Waals surface area contributed by atoms with Crippen LogP contribution in [0.1, 0.15) is 43.9 Å². The summed E-state index contributed by atoms with van der Waals surface area (Å²) in [6.45, 7) is 7.96. The standard InChI is InChI=1S/C17H27NO2S/c1-4-18-17(15-9-7-13(2)8-10-15)14(3)21(19)12-16-6-5-11-20-16/h7-10,14,16-18H,4-6,11-12H2,1-3H3. The number of hydrogen-bond acceptors (Lipinski definition) is 3. The van der Waals surface area contributed by atoms with Crippen molar-refractivity contribution in [1.82, 2.24) is 5.32 Å². The van der Waals surface area contributed by atoms with Gasteiger partial charge in [-0.1, -0.05) is 36.8 Å². The first-order valence-corrected chi connectivity index (χ1v) is 9.28. The molecule has 4 atom stereocenters. The van der Waals surface area contributed by atoms with Crippen LogP contribution in [0.3, 0.4) is 0 Å². The molecule has 1 saturated heterocycles. The first-order valence-electron chi connectivity index (χ1n) is 7.90. The van der Waals surface area contributed by atoms with Crippen molar-refractivity contribution >= 4 is 10.8 Å². The van der Waals surface area contributed by atoms with E-state index in [2.05, 4.69) is 50.4 Å². The molecular weight excluding hydrogens is 282 g/mol. The van der Waals surface area contributed by atoms with Gasteiger partial charge in [0.15, 0.2) is 0 Å². The summed E-state index contributed by atoms with van der Waals surface area (Å²) in [6, 6.07) is 8.66. The van der Waals surface area contributed by atoms with Crippen LogP contribution in [0, 0.1) is 6.92 Å². The Bertz CT molecular complexity index is 454. The van der Waals surface area contributed by atoms with Crippen molar-refractivity contribution in [1.29, 1.82) is 0 Å². The summed E-state index contributed by atoms with van der Waals surface area (Å²) in [5.41, 5.74) is 2.47. The Hall–Kier alpha value is -0.710. The van der Waals surface area contributed by atoms with Crippen LogP contribution in [-0.4, -0.2) is 34.5 Å². The van der Waals surface area contributed by atoms with Gasteiger partial charge < -0.3 is 10.1 Å². The second-order valence-electron chi connectivity index (χ2n) is 5.83. The number of nitrogens with one attached hydrogen (secondary N) is 1. The van der Waals surface area contributed by atoms with Crippen molar-refractivity contribution < 1.29 is 8.95 Å². The molecule has 1 aliphatic heterocycles. The van der Waals surface area contributed by atoms with Crippen LogP contribution in [0.25, 0.3) is 0 Å². The highest BCUT2D eigenvalue weighted by Gasteiger charge is 2.27. The van der Waals surface area contributed by atoms with E-state index in [9.17, 15) is 4.21 Å². The maximum atomic E-state index is 12.6. The lowest BCUT2D eigenvalue weighted by molar-refractivity contribution is 0.128. The lowest BCUT2D eigenvalue weighted by Gasteiger charge is -2.26. The van der Waals surface area contributed by atoms with Crippen LogP contribution < -0.4 is 5.32 Å². The smallest absolute Gasteiger partial charge is 0.0691 e. The van der Waals surface area contributed by atoms with Gasteiger partial charge in [-0.3, -0.25) is 4.21 Å². The van der Waals surface area contributed by atoms with Crippen molar-refractivity contribution in [2.24, 2.45) is 0 Å². The van der Waals surface area contributed by atoms with E-state index in [1.807, 2.05) is 0 Å². The Morgan fingerprint density at radius 2 is 2.10 bits per heavy atom. The minimum Gasteiger partial charge on any atom is -0.377 e. The van der Waals surface area contributed by atoms with Crippen molar-refractivity contribution in [2.45, 2.75) is 51.0 Å². The van der Waals surface area contributed by atoms with Gasteiger partial charge in [-0.2, -0.15) is 0 Å². The SMILES string of the molecule is CCNC(c1ccc(C)cc1)C(C)S(=O)CC1CCCO1. The summed E-state index contributed by atoms with van der Waals surface area (Å²) in [5.74, 6) is 0.662. The summed E-state index contributed by atoms with van der Waals surface area (Å²) >= 11 is 0. The Kier molecular flexibility index (Phi) is 6.40. The van der Waals surface area contributed by atoms with Crippen LogP contribution in [0.4, 0.5) is 0 Å². The molecule has 118 valence electrons. The third-order valence-electron chi connectivity index (χ3n) is 4.12. The number of ether oxygens (including phenoxy) is 1. The van der Waals surface area contributed by atoms with E-state index in [0.29, 0.717) is 5.75 Å². The quantitative estimate of drug-likeness (QED) is 0.841. The topological polar surface area (TPSA) is 38.3 Å². The fourth-order valence-electron chi connectivity index (χ4n) is 2.81. The highest BCUT2D eigenvalue weighted by atomic mass is 32.2. The van der Waals surface area contributed by atoms with Gasteiger partial charge in [-0.05, 0) is 38.8 Å². The molecule has 1 aromatic carbocycles. The summed E-state index contributed by atoms with van der Waals surface area (Å²) in [5, 5.41) is 3.57. The zero-order chi connectivity index (χ0) is 15.2.